The van der Waals surface area contributed by atoms with Crippen LogP contribution in [0.5, 0.6) is 0 Å². The quantitative estimate of drug-likeness (QED) is 0.445. The molecule has 0 aliphatic rings. The van der Waals surface area contributed by atoms with Crippen molar-refractivity contribution in [2.24, 2.45) is 0 Å². The maximum absolute atomic E-state index is 11.1. The van der Waals surface area contributed by atoms with Gasteiger partial charge in [-0.3, -0.25) is 4.90 Å². The fourth-order valence-electron chi connectivity index (χ4n) is 3.77. The predicted octanol–water partition coefficient (Wildman–Crippen LogP) is 4.72. The third-order valence-electron chi connectivity index (χ3n) is 5.39. The Labute approximate surface area is 175 Å². The van der Waals surface area contributed by atoms with Crippen molar-refractivity contribution in [2.75, 3.05) is 6.54 Å². The molecule has 0 atom stereocenters. The summed E-state index contributed by atoms with van der Waals surface area (Å²) in [5.74, 6) is -0.666. The summed E-state index contributed by atoms with van der Waals surface area (Å²) in [5.41, 5.74) is 6.05. The normalized spacial score (nSPS) is 11.4. The number of aryl methyl sites for hydroxylation is 2. The van der Waals surface area contributed by atoms with Crippen molar-refractivity contribution < 1.29 is 14.3 Å². The molecule has 0 saturated carbocycles. The molecule has 4 rings (SSSR count). The first kappa shape index (κ1) is 19.9. The van der Waals surface area contributed by atoms with Crippen LogP contribution in [0.4, 0.5) is 0 Å². The van der Waals surface area contributed by atoms with Crippen molar-refractivity contribution in [1.29, 1.82) is 0 Å². The zero-order valence-electron chi connectivity index (χ0n) is 17.2. The van der Waals surface area contributed by atoms with Crippen LogP contribution in [0.2, 0.25) is 0 Å². The number of para-hydroxylation sites is 1. The molecule has 30 heavy (non-hydrogen) atoms. The Kier molecular flexibility index (Phi) is 5.68. The van der Waals surface area contributed by atoms with Crippen molar-refractivity contribution >= 4 is 16.9 Å². The Bertz CT molecular complexity index is 1180. The average Bonchev–Trinajstić information content (AvgIpc) is 3.35. The van der Waals surface area contributed by atoms with Crippen molar-refractivity contribution in [1.82, 2.24) is 14.9 Å². The number of H-pyrrole nitrogens is 1. The van der Waals surface area contributed by atoms with E-state index in [2.05, 4.69) is 65.2 Å². The highest BCUT2D eigenvalue weighted by Crippen LogP contribution is 2.20. The van der Waals surface area contributed by atoms with Gasteiger partial charge >= 0.3 is 5.97 Å². The summed E-state index contributed by atoms with van der Waals surface area (Å²) < 4.78 is 5.41. The number of carboxylic acids is 1. The second-order valence-electron chi connectivity index (χ2n) is 7.68. The smallest absolute Gasteiger partial charge is 0.357 e. The molecular formula is C24H25N3O3. The van der Waals surface area contributed by atoms with Crippen molar-refractivity contribution in [2.45, 2.75) is 33.4 Å². The predicted molar refractivity (Wildman–Crippen MR) is 115 cm³/mol. The molecule has 2 N–H and O–H groups in total. The molecule has 2 aromatic heterocycles. The Morgan fingerprint density at radius 2 is 1.97 bits per heavy atom. The first-order valence-corrected chi connectivity index (χ1v) is 10.0. The number of oxazole rings is 1. The van der Waals surface area contributed by atoms with Crippen LogP contribution in [0, 0.1) is 13.8 Å². The summed E-state index contributed by atoms with van der Waals surface area (Å²) in [6.45, 7) is 6.18. The van der Waals surface area contributed by atoms with Crippen LogP contribution in [-0.2, 0) is 19.5 Å². The molecule has 6 heteroatoms. The number of benzene rings is 2. The second kappa shape index (κ2) is 8.55. The van der Waals surface area contributed by atoms with Gasteiger partial charge in [0.05, 0.1) is 6.54 Å². The number of hydrogen-bond acceptors (Lipinski definition) is 4. The van der Waals surface area contributed by atoms with E-state index in [0.717, 1.165) is 25.0 Å². The molecule has 0 aliphatic heterocycles. The number of rotatable bonds is 8. The van der Waals surface area contributed by atoms with Crippen LogP contribution in [-0.4, -0.2) is 32.5 Å². The van der Waals surface area contributed by atoms with E-state index in [-0.39, 0.29) is 5.69 Å². The number of fused-ring (bicyclic) bond motifs is 1. The fraction of sp³-hybridized carbons (Fsp3) is 0.250. The Morgan fingerprint density at radius 3 is 2.73 bits per heavy atom. The van der Waals surface area contributed by atoms with Crippen LogP contribution in [0.1, 0.15) is 38.6 Å². The molecule has 0 fully saturated rings. The maximum atomic E-state index is 11.1. The molecule has 0 radical (unpaired) electrons. The van der Waals surface area contributed by atoms with Crippen molar-refractivity contribution in [3.8, 4) is 0 Å². The van der Waals surface area contributed by atoms with Crippen molar-refractivity contribution in [3.05, 3.63) is 88.8 Å². The van der Waals surface area contributed by atoms with Gasteiger partial charge in [-0.25, -0.2) is 9.78 Å². The van der Waals surface area contributed by atoms with Crippen molar-refractivity contribution in [3.63, 3.8) is 0 Å². The monoisotopic (exact) mass is 403 g/mol. The number of carboxylic acid groups (broad SMARTS) is 1. The molecule has 4 aromatic rings. The Balaban J connectivity index is 1.54. The number of aromatic amines is 1. The minimum atomic E-state index is -1.08. The van der Waals surface area contributed by atoms with E-state index < -0.39 is 5.97 Å². The lowest BCUT2D eigenvalue weighted by atomic mass is 10.0. The van der Waals surface area contributed by atoms with E-state index in [1.54, 1.807) is 0 Å². The van der Waals surface area contributed by atoms with Crippen LogP contribution in [0.25, 0.3) is 10.9 Å². The van der Waals surface area contributed by atoms with E-state index >= 15 is 0 Å². The first-order valence-electron chi connectivity index (χ1n) is 10.0. The summed E-state index contributed by atoms with van der Waals surface area (Å²) in [5, 5.41) is 10.3. The highest BCUT2D eigenvalue weighted by molar-refractivity contribution is 5.84. The zero-order valence-corrected chi connectivity index (χ0v) is 17.2. The molecule has 0 aliphatic carbocycles. The summed E-state index contributed by atoms with van der Waals surface area (Å²) in [7, 11) is 0. The lowest BCUT2D eigenvalue weighted by Crippen LogP contribution is -2.26. The molecule has 0 spiro atoms. The van der Waals surface area contributed by atoms with Gasteiger partial charge in [-0.15, -0.1) is 0 Å². The summed E-state index contributed by atoms with van der Waals surface area (Å²) >= 11 is 0. The molecule has 2 aromatic carbocycles. The van der Waals surface area contributed by atoms with Gasteiger partial charge in [-0.2, -0.15) is 0 Å². The average molecular weight is 403 g/mol. The molecule has 0 bridgehead atoms. The maximum Gasteiger partial charge on any atom is 0.357 e. The molecule has 0 amide bonds. The van der Waals surface area contributed by atoms with Gasteiger partial charge in [0.25, 0.3) is 0 Å². The van der Waals surface area contributed by atoms with Gasteiger partial charge < -0.3 is 14.5 Å². The topological polar surface area (TPSA) is 82.4 Å². The van der Waals surface area contributed by atoms with E-state index in [1.807, 2.05) is 12.1 Å². The first-order chi connectivity index (χ1) is 14.5. The van der Waals surface area contributed by atoms with E-state index in [0.29, 0.717) is 12.4 Å². The number of carbonyl (C=O) groups is 1. The lowest BCUT2D eigenvalue weighted by molar-refractivity contribution is 0.0690. The summed E-state index contributed by atoms with van der Waals surface area (Å²) in [4.78, 5) is 20.8. The summed E-state index contributed by atoms with van der Waals surface area (Å²) in [6.07, 6.45) is 4.13. The second-order valence-corrected chi connectivity index (χ2v) is 7.68. The Morgan fingerprint density at radius 1 is 1.13 bits per heavy atom. The molecule has 154 valence electrons. The van der Waals surface area contributed by atoms with E-state index in [4.69, 9.17) is 9.52 Å². The molecule has 0 unspecified atom stereocenters. The highest BCUT2D eigenvalue weighted by atomic mass is 16.4. The SMILES string of the molecule is Cc1ccc(CN(CCc2c[nH]c3ccccc23)Cc2nc(C(=O)O)co2)c(C)c1. The number of nitrogens with one attached hydrogen (secondary N) is 1. The van der Waals surface area contributed by atoms with E-state index in [9.17, 15) is 4.79 Å². The summed E-state index contributed by atoms with van der Waals surface area (Å²) in [6, 6.07) is 14.7. The molecular weight excluding hydrogens is 378 g/mol. The zero-order chi connectivity index (χ0) is 21.1. The molecule has 2 heterocycles. The van der Waals surface area contributed by atoms with Gasteiger partial charge in [0.2, 0.25) is 5.89 Å². The number of nitrogens with zero attached hydrogens (tertiary/aromatic N) is 2. The van der Waals surface area contributed by atoms with Crippen LogP contribution >= 0.6 is 0 Å². The highest BCUT2D eigenvalue weighted by Gasteiger charge is 2.16. The van der Waals surface area contributed by atoms with Gasteiger partial charge in [-0.05, 0) is 43.0 Å². The van der Waals surface area contributed by atoms with Crippen LogP contribution < -0.4 is 0 Å². The van der Waals surface area contributed by atoms with Crippen LogP contribution in [0.3, 0.4) is 0 Å². The molecule has 0 saturated heterocycles. The largest absolute Gasteiger partial charge is 0.476 e. The Hall–Kier alpha value is -3.38. The standard InChI is InChI=1S/C24H25N3O3/c1-16-7-8-19(17(2)11-16)13-27(14-23-26-22(15-30-23)24(28)29)10-9-18-12-25-21-6-4-3-5-20(18)21/h3-8,11-12,15,25H,9-10,13-14H2,1-2H3,(H,28,29). The number of aromatic nitrogens is 2. The van der Waals surface area contributed by atoms with Gasteiger partial charge in [-0.1, -0.05) is 42.0 Å². The third-order valence-corrected chi connectivity index (χ3v) is 5.39. The third kappa shape index (κ3) is 4.44. The van der Waals surface area contributed by atoms with Gasteiger partial charge in [0.1, 0.15) is 6.26 Å². The van der Waals surface area contributed by atoms with E-state index in [1.165, 1.54) is 33.9 Å². The minimum absolute atomic E-state index is 0.0619. The lowest BCUT2D eigenvalue weighted by Gasteiger charge is -2.22. The van der Waals surface area contributed by atoms with Gasteiger partial charge in [0, 0.05) is 30.2 Å². The number of aromatic carboxylic acids is 1. The molecule has 6 nitrogen and oxygen atoms in total. The van der Waals surface area contributed by atoms with Crippen LogP contribution in [0.15, 0.2) is 59.3 Å². The fourth-order valence-corrected chi connectivity index (χ4v) is 3.77. The van der Waals surface area contributed by atoms with Gasteiger partial charge in [0.15, 0.2) is 5.69 Å². The number of hydrogen-bond donors (Lipinski definition) is 2. The minimum Gasteiger partial charge on any atom is -0.476 e.